The largest absolute Gasteiger partial charge is 0.495 e. The Morgan fingerprint density at radius 1 is 1.29 bits per heavy atom. The highest BCUT2D eigenvalue weighted by Gasteiger charge is 2.16. The molecule has 1 N–H and O–H groups in total. The van der Waals surface area contributed by atoms with Crippen molar-refractivity contribution in [2.75, 3.05) is 12.4 Å². The number of benzene rings is 2. The summed E-state index contributed by atoms with van der Waals surface area (Å²) in [5, 5.41) is 11.9. The minimum atomic E-state index is -0.260. The number of amides is 1. The molecular formula is C16H13IN2O2. The number of nitrogens with one attached hydrogen (secondary N) is 1. The average molecular weight is 392 g/mol. The summed E-state index contributed by atoms with van der Waals surface area (Å²) in [5.74, 6) is 0.203. The Hall–Kier alpha value is -2.07. The van der Waals surface area contributed by atoms with Gasteiger partial charge in [0.05, 0.1) is 18.2 Å². The van der Waals surface area contributed by atoms with Gasteiger partial charge >= 0.3 is 0 Å². The smallest absolute Gasteiger partial charge is 0.256 e. The van der Waals surface area contributed by atoms with Gasteiger partial charge in [-0.25, -0.2) is 0 Å². The normalized spacial score (nSPS) is 9.81. The van der Waals surface area contributed by atoms with Gasteiger partial charge in [0.2, 0.25) is 0 Å². The van der Waals surface area contributed by atoms with Gasteiger partial charge in [0.15, 0.2) is 0 Å². The molecule has 2 aromatic rings. The fourth-order valence-corrected chi connectivity index (χ4v) is 2.53. The number of para-hydroxylation sites is 1. The van der Waals surface area contributed by atoms with Gasteiger partial charge in [-0.15, -0.1) is 0 Å². The third kappa shape index (κ3) is 3.16. The molecule has 0 aliphatic carbocycles. The predicted octanol–water partition coefficient (Wildman–Crippen LogP) is 3.73. The predicted molar refractivity (Wildman–Crippen MR) is 89.6 cm³/mol. The van der Waals surface area contributed by atoms with E-state index in [2.05, 4.69) is 34.0 Å². The maximum absolute atomic E-state index is 12.4. The van der Waals surface area contributed by atoms with E-state index in [1.807, 2.05) is 19.1 Å². The Bertz CT molecular complexity index is 736. The van der Waals surface area contributed by atoms with Crippen LogP contribution in [-0.4, -0.2) is 13.0 Å². The molecule has 0 spiro atoms. The molecule has 106 valence electrons. The molecule has 0 saturated carbocycles. The Morgan fingerprint density at radius 3 is 2.67 bits per heavy atom. The zero-order valence-electron chi connectivity index (χ0n) is 11.6. The number of hydrogen-bond acceptors (Lipinski definition) is 3. The van der Waals surface area contributed by atoms with Crippen LogP contribution in [0.1, 0.15) is 21.5 Å². The van der Waals surface area contributed by atoms with Crippen LogP contribution in [0.15, 0.2) is 36.4 Å². The summed E-state index contributed by atoms with van der Waals surface area (Å²) in [6.07, 6.45) is 0. The number of aryl methyl sites for hydroxylation is 1. The second-order valence-electron chi connectivity index (χ2n) is 4.39. The van der Waals surface area contributed by atoms with Gasteiger partial charge in [0.25, 0.3) is 5.91 Å². The van der Waals surface area contributed by atoms with E-state index in [0.29, 0.717) is 22.6 Å². The van der Waals surface area contributed by atoms with Crippen LogP contribution in [0, 0.1) is 21.8 Å². The van der Waals surface area contributed by atoms with E-state index >= 15 is 0 Å². The average Bonchev–Trinajstić information content (AvgIpc) is 2.50. The summed E-state index contributed by atoms with van der Waals surface area (Å²) in [6, 6.07) is 12.6. The van der Waals surface area contributed by atoms with Crippen LogP contribution < -0.4 is 10.1 Å². The lowest BCUT2D eigenvalue weighted by Gasteiger charge is -2.13. The highest BCUT2D eigenvalue weighted by molar-refractivity contribution is 14.1. The van der Waals surface area contributed by atoms with E-state index < -0.39 is 0 Å². The molecule has 2 aromatic carbocycles. The zero-order chi connectivity index (χ0) is 15.4. The molecule has 0 radical (unpaired) electrons. The van der Waals surface area contributed by atoms with Crippen molar-refractivity contribution in [2.24, 2.45) is 0 Å². The van der Waals surface area contributed by atoms with Gasteiger partial charge in [0, 0.05) is 3.57 Å². The van der Waals surface area contributed by atoms with Crippen molar-refractivity contribution < 1.29 is 9.53 Å². The summed E-state index contributed by atoms with van der Waals surface area (Å²) >= 11 is 2.14. The Kier molecular flexibility index (Phi) is 4.81. The number of methoxy groups -OCH3 is 1. The van der Waals surface area contributed by atoms with Crippen molar-refractivity contribution in [3.63, 3.8) is 0 Å². The first-order valence-corrected chi connectivity index (χ1v) is 7.30. The van der Waals surface area contributed by atoms with Crippen molar-refractivity contribution in [3.8, 4) is 11.8 Å². The maximum atomic E-state index is 12.4. The number of carbonyl (C=O) groups is 1. The van der Waals surface area contributed by atoms with Crippen molar-refractivity contribution in [2.45, 2.75) is 6.92 Å². The molecule has 1 amide bonds. The third-order valence-corrected chi connectivity index (χ3v) is 4.47. The second-order valence-corrected chi connectivity index (χ2v) is 5.46. The fourth-order valence-electron chi connectivity index (χ4n) is 1.93. The molecule has 0 saturated heterocycles. The van der Waals surface area contributed by atoms with Gasteiger partial charge in [-0.3, -0.25) is 4.79 Å². The van der Waals surface area contributed by atoms with E-state index in [1.54, 1.807) is 24.3 Å². The first kappa shape index (κ1) is 15.3. The van der Waals surface area contributed by atoms with Crippen LogP contribution in [0.25, 0.3) is 0 Å². The monoisotopic (exact) mass is 392 g/mol. The number of hydrogen-bond donors (Lipinski definition) is 1. The van der Waals surface area contributed by atoms with Crippen LogP contribution in [0.3, 0.4) is 0 Å². The summed E-state index contributed by atoms with van der Waals surface area (Å²) in [5.41, 5.74) is 2.37. The van der Waals surface area contributed by atoms with Crippen LogP contribution in [0.4, 0.5) is 5.69 Å². The molecule has 0 bridgehead atoms. The van der Waals surface area contributed by atoms with Crippen LogP contribution in [0.5, 0.6) is 5.75 Å². The van der Waals surface area contributed by atoms with E-state index in [4.69, 9.17) is 10.00 Å². The summed E-state index contributed by atoms with van der Waals surface area (Å²) in [6.45, 7) is 1.95. The van der Waals surface area contributed by atoms with Gasteiger partial charge < -0.3 is 10.1 Å². The number of ether oxygens (including phenoxy) is 1. The number of nitrogens with zero attached hydrogens (tertiary/aromatic N) is 1. The Labute approximate surface area is 136 Å². The van der Waals surface area contributed by atoms with E-state index in [1.165, 1.54) is 7.11 Å². The lowest BCUT2D eigenvalue weighted by atomic mass is 10.1. The fraction of sp³-hybridized carbons (Fsp3) is 0.125. The molecular weight excluding hydrogens is 379 g/mol. The number of nitriles is 1. The molecule has 0 atom stereocenters. The third-order valence-electron chi connectivity index (χ3n) is 3.04. The summed E-state index contributed by atoms with van der Waals surface area (Å²) in [4.78, 5) is 12.4. The maximum Gasteiger partial charge on any atom is 0.256 e. The van der Waals surface area contributed by atoms with E-state index in [0.717, 1.165) is 9.13 Å². The van der Waals surface area contributed by atoms with Crippen LogP contribution in [0.2, 0.25) is 0 Å². The van der Waals surface area contributed by atoms with Gasteiger partial charge in [-0.1, -0.05) is 18.2 Å². The minimum Gasteiger partial charge on any atom is -0.495 e. The van der Waals surface area contributed by atoms with E-state index in [9.17, 15) is 4.79 Å². The highest BCUT2D eigenvalue weighted by atomic mass is 127. The molecule has 0 aromatic heterocycles. The van der Waals surface area contributed by atoms with Crippen molar-refractivity contribution in [3.05, 3.63) is 56.7 Å². The van der Waals surface area contributed by atoms with Gasteiger partial charge in [-0.05, 0) is 53.3 Å². The lowest BCUT2D eigenvalue weighted by molar-refractivity contribution is 0.102. The van der Waals surface area contributed by atoms with Crippen LogP contribution >= 0.6 is 22.6 Å². The standard InChI is InChI=1S/C16H13IN2O2/c1-10-5-3-7-12(14(10)17)16(20)19-15-11(9-18)6-4-8-13(15)21-2/h3-8H,1-2H3,(H,19,20). The van der Waals surface area contributed by atoms with Crippen LogP contribution in [-0.2, 0) is 0 Å². The first-order valence-electron chi connectivity index (χ1n) is 6.22. The van der Waals surface area contributed by atoms with Crippen molar-refractivity contribution >= 4 is 34.2 Å². The van der Waals surface area contributed by atoms with Crippen molar-refractivity contribution in [1.29, 1.82) is 5.26 Å². The molecule has 0 aliphatic heterocycles. The van der Waals surface area contributed by atoms with Gasteiger partial charge in [-0.2, -0.15) is 5.26 Å². The lowest BCUT2D eigenvalue weighted by Crippen LogP contribution is -2.15. The summed E-state index contributed by atoms with van der Waals surface area (Å²) < 4.78 is 6.10. The molecule has 0 unspecified atom stereocenters. The van der Waals surface area contributed by atoms with E-state index in [-0.39, 0.29) is 5.91 Å². The zero-order valence-corrected chi connectivity index (χ0v) is 13.8. The number of anilines is 1. The quantitative estimate of drug-likeness (QED) is 0.810. The topological polar surface area (TPSA) is 62.1 Å². The minimum absolute atomic E-state index is 0.260. The molecule has 0 aliphatic rings. The molecule has 4 nitrogen and oxygen atoms in total. The number of carbonyl (C=O) groups excluding carboxylic acids is 1. The molecule has 5 heteroatoms. The molecule has 2 rings (SSSR count). The Morgan fingerprint density at radius 2 is 2.00 bits per heavy atom. The number of rotatable bonds is 3. The highest BCUT2D eigenvalue weighted by Crippen LogP contribution is 2.29. The van der Waals surface area contributed by atoms with Crippen molar-refractivity contribution in [1.82, 2.24) is 0 Å². The molecule has 0 fully saturated rings. The summed E-state index contributed by atoms with van der Waals surface area (Å²) in [7, 11) is 1.50. The molecule has 21 heavy (non-hydrogen) atoms. The SMILES string of the molecule is COc1cccc(C#N)c1NC(=O)c1cccc(C)c1I. The van der Waals surface area contributed by atoms with Gasteiger partial charge in [0.1, 0.15) is 17.5 Å². The second kappa shape index (κ2) is 6.59. The molecule has 0 heterocycles. The first-order chi connectivity index (χ1) is 10.1. The number of halogens is 1. The Balaban J connectivity index is 2.41.